The van der Waals surface area contributed by atoms with E-state index in [1.807, 2.05) is 13.0 Å². The highest BCUT2D eigenvalue weighted by molar-refractivity contribution is 6.00. The largest absolute Gasteiger partial charge is 0.496 e. The molecule has 10 heteroatoms. The first-order valence-corrected chi connectivity index (χ1v) is 13.7. The monoisotopic (exact) mass is 544 g/mol. The molecule has 6 rings (SSSR count). The van der Waals surface area contributed by atoms with E-state index in [9.17, 15) is 9.18 Å². The number of rotatable bonds is 8. The van der Waals surface area contributed by atoms with Crippen LogP contribution in [0.25, 0.3) is 22.4 Å². The number of hydrogen-bond acceptors (Lipinski definition) is 8. The first-order chi connectivity index (χ1) is 19.5. The van der Waals surface area contributed by atoms with Crippen molar-refractivity contribution < 1.29 is 18.7 Å². The van der Waals surface area contributed by atoms with Crippen LogP contribution < -0.4 is 15.4 Å². The molecule has 0 aliphatic carbocycles. The lowest BCUT2D eigenvalue weighted by Gasteiger charge is -2.28. The van der Waals surface area contributed by atoms with Crippen molar-refractivity contribution >= 4 is 22.5 Å². The number of ether oxygens (including phenoxy) is 2. The molecule has 2 saturated heterocycles. The number of nitrogens with zero attached hydrogens (tertiary/aromatic N) is 5. The van der Waals surface area contributed by atoms with Crippen LogP contribution in [0.15, 0.2) is 42.6 Å². The summed E-state index contributed by atoms with van der Waals surface area (Å²) in [6.07, 6.45) is 4.56. The Balaban J connectivity index is 1.41. The van der Waals surface area contributed by atoms with Crippen LogP contribution in [0.5, 0.6) is 5.75 Å². The maximum atomic E-state index is 14.7. The molecule has 2 fully saturated rings. The molecule has 0 spiro atoms. The zero-order valence-corrected chi connectivity index (χ0v) is 22.8. The smallest absolute Gasteiger partial charge is 0.185 e. The van der Waals surface area contributed by atoms with Gasteiger partial charge in [0.2, 0.25) is 0 Å². The minimum Gasteiger partial charge on any atom is -0.496 e. The van der Waals surface area contributed by atoms with E-state index < -0.39 is 5.82 Å². The Kier molecular flexibility index (Phi) is 7.20. The molecule has 0 amide bonds. The van der Waals surface area contributed by atoms with Gasteiger partial charge >= 0.3 is 0 Å². The summed E-state index contributed by atoms with van der Waals surface area (Å²) in [7, 11) is 1.46. The van der Waals surface area contributed by atoms with E-state index in [-0.39, 0.29) is 41.4 Å². The van der Waals surface area contributed by atoms with Gasteiger partial charge in [-0.05, 0) is 56.0 Å². The number of nitrogens with two attached hydrogens (primary N) is 1. The zero-order chi connectivity index (χ0) is 27.8. The molecule has 2 atom stereocenters. The molecule has 9 nitrogen and oxygen atoms in total. The van der Waals surface area contributed by atoms with Gasteiger partial charge in [-0.3, -0.25) is 4.79 Å². The molecule has 0 unspecified atom stereocenters. The number of fused-ring (bicyclic) bond motifs is 1. The number of ketones is 1. The number of methoxy groups -OCH3 is 1. The highest BCUT2D eigenvalue weighted by atomic mass is 19.1. The van der Waals surface area contributed by atoms with Gasteiger partial charge in [-0.25, -0.2) is 19.3 Å². The number of aromatic nitrogens is 4. The average molecular weight is 545 g/mol. The average Bonchev–Trinajstić information content (AvgIpc) is 3.72. The predicted molar refractivity (Wildman–Crippen MR) is 150 cm³/mol. The second-order valence-corrected chi connectivity index (χ2v) is 10.4. The second kappa shape index (κ2) is 10.9. The van der Waals surface area contributed by atoms with Crippen LogP contribution in [0.3, 0.4) is 0 Å². The topological polar surface area (TPSA) is 108 Å². The quantitative estimate of drug-likeness (QED) is 0.328. The van der Waals surface area contributed by atoms with Crippen molar-refractivity contribution in [3.05, 3.63) is 65.5 Å². The van der Waals surface area contributed by atoms with Crippen molar-refractivity contribution in [1.29, 1.82) is 0 Å². The van der Waals surface area contributed by atoms with Gasteiger partial charge in [0, 0.05) is 38.4 Å². The Hall–Kier alpha value is -3.89. The van der Waals surface area contributed by atoms with Gasteiger partial charge < -0.3 is 24.7 Å². The van der Waals surface area contributed by atoms with Crippen LogP contribution in [0.2, 0.25) is 0 Å². The molecule has 2 aromatic heterocycles. The van der Waals surface area contributed by atoms with Crippen LogP contribution in [0.1, 0.15) is 47.2 Å². The number of benzene rings is 2. The third-order valence-electron chi connectivity index (χ3n) is 8.01. The van der Waals surface area contributed by atoms with Gasteiger partial charge in [-0.15, -0.1) is 0 Å². The van der Waals surface area contributed by atoms with E-state index in [1.54, 1.807) is 18.2 Å². The standard InChI is InChI=1S/C30H33FN6O3/c1-18-34-28-24(37(18)21-11-14-40-17-21)9-8-19(29(28)36-13-4-5-20(36)16-32)15-25(38)23-10-12-33-30(35-23)27-22(31)6-3-7-26(27)39-2/h3,6-10,12,20-21H,4-5,11,13-17,32H2,1-2H3/t20-,21-/m0/s1. The molecule has 0 saturated carbocycles. The van der Waals surface area contributed by atoms with Gasteiger partial charge in [-0.1, -0.05) is 12.1 Å². The number of imidazole rings is 1. The maximum Gasteiger partial charge on any atom is 0.185 e. The van der Waals surface area contributed by atoms with E-state index in [0.29, 0.717) is 18.9 Å². The van der Waals surface area contributed by atoms with Crippen LogP contribution in [0.4, 0.5) is 10.1 Å². The first kappa shape index (κ1) is 26.3. The molecule has 0 radical (unpaired) electrons. The summed E-state index contributed by atoms with van der Waals surface area (Å²) in [5, 5.41) is 0. The zero-order valence-electron chi connectivity index (χ0n) is 22.8. The summed E-state index contributed by atoms with van der Waals surface area (Å²) in [4.78, 5) is 29.7. The van der Waals surface area contributed by atoms with Crippen LogP contribution in [-0.4, -0.2) is 64.8 Å². The van der Waals surface area contributed by atoms with Gasteiger partial charge in [-0.2, -0.15) is 0 Å². The van der Waals surface area contributed by atoms with Gasteiger partial charge in [0.15, 0.2) is 11.6 Å². The third-order valence-corrected chi connectivity index (χ3v) is 8.01. The minimum atomic E-state index is -0.517. The fourth-order valence-corrected chi connectivity index (χ4v) is 6.12. The highest BCUT2D eigenvalue weighted by Gasteiger charge is 2.31. The minimum absolute atomic E-state index is 0.104. The lowest BCUT2D eigenvalue weighted by molar-refractivity contribution is 0.0988. The van der Waals surface area contributed by atoms with E-state index in [2.05, 4.69) is 25.5 Å². The normalized spacial score (nSPS) is 19.1. The fourth-order valence-electron chi connectivity index (χ4n) is 6.12. The molecule has 0 bridgehead atoms. The molecule has 208 valence electrons. The lowest BCUT2D eigenvalue weighted by Crippen LogP contribution is -2.36. The lowest BCUT2D eigenvalue weighted by atomic mass is 10.0. The number of aryl methyl sites for hydroxylation is 1. The van der Waals surface area contributed by atoms with Crippen molar-refractivity contribution in [3.8, 4) is 17.1 Å². The van der Waals surface area contributed by atoms with Crippen LogP contribution in [-0.2, 0) is 11.2 Å². The molecule has 2 aliphatic rings. The number of hydrogen-bond donors (Lipinski definition) is 1. The van der Waals surface area contributed by atoms with Crippen LogP contribution in [0, 0.1) is 12.7 Å². The molecule has 40 heavy (non-hydrogen) atoms. The molecule has 4 heterocycles. The number of carbonyl (C=O) groups excluding carboxylic acids is 1. The van der Waals surface area contributed by atoms with E-state index in [4.69, 9.17) is 20.2 Å². The van der Waals surface area contributed by atoms with E-state index in [1.165, 1.54) is 19.4 Å². The van der Waals surface area contributed by atoms with Crippen molar-refractivity contribution in [3.63, 3.8) is 0 Å². The van der Waals surface area contributed by atoms with Crippen LogP contribution >= 0.6 is 0 Å². The van der Waals surface area contributed by atoms with Gasteiger partial charge in [0.05, 0.1) is 36.5 Å². The third kappa shape index (κ3) is 4.61. The Labute approximate surface area is 232 Å². The Morgan fingerprint density at radius 3 is 2.85 bits per heavy atom. The summed E-state index contributed by atoms with van der Waals surface area (Å²) in [6, 6.07) is 10.6. The van der Waals surface area contributed by atoms with Crippen molar-refractivity contribution in [1.82, 2.24) is 19.5 Å². The summed E-state index contributed by atoms with van der Waals surface area (Å²) < 4.78 is 28.0. The molecule has 2 aromatic carbocycles. The number of Topliss-reactive ketones (excluding diaryl/α,β-unsaturated/α-hetero) is 1. The van der Waals surface area contributed by atoms with Crippen molar-refractivity contribution in [2.24, 2.45) is 5.73 Å². The summed E-state index contributed by atoms with van der Waals surface area (Å²) >= 11 is 0. The summed E-state index contributed by atoms with van der Waals surface area (Å²) in [6.45, 7) is 4.81. The summed E-state index contributed by atoms with van der Waals surface area (Å²) in [5.74, 6) is 0.628. The summed E-state index contributed by atoms with van der Waals surface area (Å²) in [5.41, 5.74) is 10.3. The Morgan fingerprint density at radius 1 is 1.20 bits per heavy atom. The Morgan fingerprint density at radius 2 is 2.08 bits per heavy atom. The maximum absolute atomic E-state index is 14.7. The van der Waals surface area contributed by atoms with E-state index in [0.717, 1.165) is 60.5 Å². The number of carbonyl (C=O) groups is 1. The fraction of sp³-hybridized carbons (Fsp3) is 0.400. The first-order valence-electron chi connectivity index (χ1n) is 13.7. The van der Waals surface area contributed by atoms with Gasteiger partial charge in [0.25, 0.3) is 0 Å². The molecular formula is C30H33FN6O3. The van der Waals surface area contributed by atoms with Gasteiger partial charge in [0.1, 0.15) is 28.6 Å². The predicted octanol–water partition coefficient (Wildman–Crippen LogP) is 4.26. The SMILES string of the molecule is COc1cccc(F)c1-c1nccc(C(=O)Cc2ccc3c(nc(C)n3[C@H]3CCOC3)c2N2CCC[C@H]2CN)n1. The Bertz CT molecular complexity index is 1560. The molecular weight excluding hydrogens is 511 g/mol. The second-order valence-electron chi connectivity index (χ2n) is 10.4. The molecule has 2 aliphatic heterocycles. The highest BCUT2D eigenvalue weighted by Crippen LogP contribution is 2.38. The van der Waals surface area contributed by atoms with Crippen molar-refractivity contribution in [2.45, 2.75) is 44.7 Å². The molecule has 2 N–H and O–H groups in total. The number of anilines is 1. The van der Waals surface area contributed by atoms with Crippen molar-refractivity contribution in [2.75, 3.05) is 38.3 Å². The molecule has 4 aromatic rings. The van der Waals surface area contributed by atoms with E-state index >= 15 is 0 Å². The number of halogens is 1.